The van der Waals surface area contributed by atoms with E-state index in [-0.39, 0.29) is 0 Å². The summed E-state index contributed by atoms with van der Waals surface area (Å²) in [7, 11) is 0. The molecule has 0 aliphatic rings. The Bertz CT molecular complexity index is 245. The monoisotopic (exact) mass is 195 g/mol. The lowest BCUT2D eigenvalue weighted by molar-refractivity contribution is -0.616. The van der Waals surface area contributed by atoms with Gasteiger partial charge in [0.1, 0.15) is 0 Å². The first-order valence-corrected chi connectivity index (χ1v) is 2.75. The summed E-state index contributed by atoms with van der Waals surface area (Å²) < 4.78 is 0. The molecule has 0 aliphatic heterocycles. The van der Waals surface area contributed by atoms with Gasteiger partial charge in [-0.05, 0) is 0 Å². The van der Waals surface area contributed by atoms with Crippen molar-refractivity contribution in [1.29, 1.82) is 0 Å². The number of carbonyl (C=O) groups is 2. The number of carboxylic acid groups (broad SMARTS) is 2. The second-order valence-corrected chi connectivity index (χ2v) is 2.03. The summed E-state index contributed by atoms with van der Waals surface area (Å²) in [5.74, 6) is -4.66. The molecule has 0 radical (unpaired) electrons. The Morgan fingerprint density at radius 1 is 1.38 bits per heavy atom. The van der Waals surface area contributed by atoms with E-state index < -0.39 is 28.7 Å². The maximum absolute atomic E-state index is 10.1. The predicted octanol–water partition coefficient (Wildman–Crippen LogP) is -2.52. The summed E-state index contributed by atoms with van der Waals surface area (Å²) in [6.45, 7) is 0. The van der Waals surface area contributed by atoms with E-state index >= 15 is 0 Å². The van der Waals surface area contributed by atoms with Crippen molar-refractivity contribution in [2.24, 2.45) is 0 Å². The van der Waals surface area contributed by atoms with Gasteiger partial charge in [-0.2, -0.15) is 0 Å². The van der Waals surface area contributed by atoms with Gasteiger partial charge in [-0.15, -0.1) is 0 Å². The molecule has 0 spiro atoms. The normalized spacial score (nSPS) is 17.1. The van der Waals surface area contributed by atoms with Crippen molar-refractivity contribution < 1.29 is 34.9 Å². The van der Waals surface area contributed by atoms with E-state index in [1.54, 1.807) is 0 Å². The lowest BCUT2D eigenvalue weighted by Gasteiger charge is -2.16. The molecule has 0 bridgehead atoms. The second kappa shape index (κ2) is 3.33. The van der Waals surface area contributed by atoms with Crippen LogP contribution in [0.2, 0.25) is 0 Å². The first kappa shape index (κ1) is 11.3. The molecule has 0 aromatic carbocycles. The summed E-state index contributed by atoms with van der Waals surface area (Å²) >= 11 is 0. The highest BCUT2D eigenvalue weighted by atomic mass is 16.7. The van der Waals surface area contributed by atoms with Crippen LogP contribution in [0.4, 0.5) is 0 Å². The van der Waals surface area contributed by atoms with Gasteiger partial charge >= 0.3 is 17.7 Å². The Labute approximate surface area is 70.0 Å². The van der Waals surface area contributed by atoms with Crippen molar-refractivity contribution in [1.82, 2.24) is 0 Å². The molecule has 0 aromatic heterocycles. The first-order valence-electron chi connectivity index (χ1n) is 2.75. The van der Waals surface area contributed by atoms with Crippen molar-refractivity contribution in [2.45, 2.75) is 11.8 Å². The Morgan fingerprint density at radius 2 is 1.77 bits per heavy atom. The SMILES string of the molecule is O=C(O)C(O)C(O)(C(=O)O)[N+](=O)[O-]. The fourth-order valence-corrected chi connectivity index (χ4v) is 0.467. The fourth-order valence-electron chi connectivity index (χ4n) is 0.467. The molecule has 0 heterocycles. The number of hydrogen-bond acceptors (Lipinski definition) is 6. The van der Waals surface area contributed by atoms with E-state index in [4.69, 9.17) is 20.4 Å². The van der Waals surface area contributed by atoms with Gasteiger partial charge in [0.2, 0.25) is 0 Å². The van der Waals surface area contributed by atoms with Crippen molar-refractivity contribution in [2.75, 3.05) is 0 Å². The van der Waals surface area contributed by atoms with Gasteiger partial charge < -0.3 is 20.4 Å². The molecule has 4 N–H and O–H groups in total. The van der Waals surface area contributed by atoms with E-state index in [2.05, 4.69) is 0 Å². The molecule has 0 aromatic rings. The molecule has 9 nitrogen and oxygen atoms in total. The minimum Gasteiger partial charge on any atom is -0.479 e. The van der Waals surface area contributed by atoms with Crippen molar-refractivity contribution >= 4 is 11.9 Å². The fraction of sp³-hybridized carbons (Fsp3) is 0.500. The third-order valence-electron chi connectivity index (χ3n) is 1.21. The van der Waals surface area contributed by atoms with E-state index in [0.717, 1.165) is 0 Å². The Balaban J connectivity index is 5.13. The number of carboxylic acids is 2. The van der Waals surface area contributed by atoms with E-state index in [1.807, 2.05) is 0 Å². The smallest absolute Gasteiger partial charge is 0.456 e. The molecular weight excluding hydrogens is 190 g/mol. The zero-order valence-corrected chi connectivity index (χ0v) is 5.95. The van der Waals surface area contributed by atoms with Crippen molar-refractivity contribution in [3.63, 3.8) is 0 Å². The van der Waals surface area contributed by atoms with Crippen LogP contribution < -0.4 is 0 Å². The van der Waals surface area contributed by atoms with Crippen LogP contribution in [0, 0.1) is 10.1 Å². The van der Waals surface area contributed by atoms with Crippen LogP contribution in [-0.2, 0) is 9.59 Å². The highest BCUT2D eigenvalue weighted by Crippen LogP contribution is 2.12. The van der Waals surface area contributed by atoms with Crippen molar-refractivity contribution in [3.8, 4) is 0 Å². The molecule has 2 atom stereocenters. The summed E-state index contributed by atoms with van der Waals surface area (Å²) in [5.41, 5.74) is -3.92. The number of aliphatic hydroxyl groups excluding tert-OH is 1. The van der Waals surface area contributed by atoms with Crippen LogP contribution in [0.3, 0.4) is 0 Å². The largest absolute Gasteiger partial charge is 0.479 e. The molecule has 13 heavy (non-hydrogen) atoms. The molecule has 0 rings (SSSR count). The van der Waals surface area contributed by atoms with Gasteiger partial charge in [0, 0.05) is 0 Å². The zero-order chi connectivity index (χ0) is 10.8. The standard InChI is InChI=1S/C4H5NO8/c6-1(2(7)8)4(11,3(9)10)5(12)13/h1,6,11H,(H,7,8)(H,9,10). The van der Waals surface area contributed by atoms with Crippen LogP contribution in [0.5, 0.6) is 0 Å². The van der Waals surface area contributed by atoms with Crippen LogP contribution in [0.15, 0.2) is 0 Å². The Kier molecular flexibility index (Phi) is 2.88. The molecular formula is C4H5NO8. The van der Waals surface area contributed by atoms with Crippen molar-refractivity contribution in [3.05, 3.63) is 10.1 Å². The summed E-state index contributed by atoms with van der Waals surface area (Å²) in [6.07, 6.45) is -3.03. The van der Waals surface area contributed by atoms with Gasteiger partial charge in [-0.3, -0.25) is 10.1 Å². The molecule has 2 unspecified atom stereocenters. The topological polar surface area (TPSA) is 158 Å². The van der Waals surface area contributed by atoms with E-state index in [0.29, 0.717) is 0 Å². The number of nitrogens with zero attached hydrogens (tertiary/aromatic N) is 1. The zero-order valence-electron chi connectivity index (χ0n) is 5.95. The number of hydrogen-bond donors (Lipinski definition) is 4. The number of aliphatic carboxylic acids is 2. The lowest BCUT2D eigenvalue weighted by atomic mass is 10.1. The number of rotatable bonds is 4. The summed E-state index contributed by atoms with van der Waals surface area (Å²) in [4.78, 5) is 28.2. The minimum absolute atomic E-state index is 1.80. The average Bonchev–Trinajstić information content (AvgIpc) is 2.00. The third-order valence-corrected chi connectivity index (χ3v) is 1.21. The minimum atomic E-state index is -3.92. The van der Waals surface area contributed by atoms with Gasteiger partial charge in [0.05, 0.1) is 4.92 Å². The molecule has 0 saturated carbocycles. The highest BCUT2D eigenvalue weighted by molar-refractivity contribution is 5.85. The maximum Gasteiger partial charge on any atom is 0.456 e. The molecule has 74 valence electrons. The van der Waals surface area contributed by atoms with Gasteiger partial charge in [0.25, 0.3) is 6.10 Å². The van der Waals surface area contributed by atoms with E-state index in [1.165, 1.54) is 0 Å². The second-order valence-electron chi connectivity index (χ2n) is 2.03. The van der Waals surface area contributed by atoms with Gasteiger partial charge in [-0.25, -0.2) is 9.59 Å². The number of nitro groups is 1. The van der Waals surface area contributed by atoms with Crippen LogP contribution in [-0.4, -0.2) is 49.1 Å². The molecule has 0 amide bonds. The van der Waals surface area contributed by atoms with Gasteiger partial charge in [-0.1, -0.05) is 0 Å². The summed E-state index contributed by atoms with van der Waals surface area (Å²) in [6, 6.07) is 0. The Hall–Kier alpha value is -1.74. The van der Waals surface area contributed by atoms with E-state index in [9.17, 15) is 19.7 Å². The highest BCUT2D eigenvalue weighted by Gasteiger charge is 2.60. The summed E-state index contributed by atoms with van der Waals surface area (Å²) in [5, 5.41) is 43.3. The van der Waals surface area contributed by atoms with Crippen LogP contribution in [0.25, 0.3) is 0 Å². The average molecular weight is 195 g/mol. The third kappa shape index (κ3) is 1.71. The maximum atomic E-state index is 10.1. The van der Waals surface area contributed by atoms with Crippen LogP contribution in [0.1, 0.15) is 0 Å². The quantitative estimate of drug-likeness (QED) is 0.217. The number of aliphatic hydroxyl groups is 2. The molecule has 0 fully saturated rings. The first-order chi connectivity index (χ1) is 5.74. The molecule has 0 saturated heterocycles. The lowest BCUT2D eigenvalue weighted by Crippen LogP contribution is -2.58. The molecule has 0 aliphatic carbocycles. The van der Waals surface area contributed by atoms with Crippen LogP contribution >= 0.6 is 0 Å². The predicted molar refractivity (Wildman–Crippen MR) is 33.2 cm³/mol. The Morgan fingerprint density at radius 3 is 1.85 bits per heavy atom. The van der Waals surface area contributed by atoms with Gasteiger partial charge in [0.15, 0.2) is 0 Å². The molecule has 9 heteroatoms.